The Labute approximate surface area is 96.9 Å². The number of hydrogen-bond acceptors (Lipinski definition) is 3. The zero-order valence-electron chi connectivity index (χ0n) is 8.70. The Morgan fingerprint density at radius 2 is 2.27 bits per heavy atom. The van der Waals surface area contributed by atoms with Crippen LogP contribution in [0, 0.1) is 5.92 Å². The van der Waals surface area contributed by atoms with E-state index in [0.717, 1.165) is 12.2 Å². The maximum Gasteiger partial charge on any atom is 0.307 e. The molecule has 1 rings (SSSR count). The van der Waals surface area contributed by atoms with Crippen molar-refractivity contribution in [3.05, 3.63) is 22.2 Å². The molecule has 0 aromatic carbocycles. The van der Waals surface area contributed by atoms with Gasteiger partial charge in [-0.3, -0.25) is 4.79 Å². The molecule has 0 amide bonds. The average Bonchev–Trinajstić information content (AvgIpc) is 2.08. The Balaban J connectivity index is 2.83. The molecule has 5 heteroatoms. The molecule has 0 saturated heterocycles. The van der Waals surface area contributed by atoms with Crippen LogP contribution in [0.25, 0.3) is 0 Å². The van der Waals surface area contributed by atoms with Gasteiger partial charge in [-0.05, 0) is 21.8 Å². The number of carboxylic acids is 1. The van der Waals surface area contributed by atoms with E-state index < -0.39 is 5.97 Å². The van der Waals surface area contributed by atoms with Gasteiger partial charge < -0.3 is 5.11 Å². The van der Waals surface area contributed by atoms with E-state index in [1.165, 1.54) is 0 Å². The summed E-state index contributed by atoms with van der Waals surface area (Å²) in [5, 5.41) is 8.63. The number of hydrogen-bond donors (Lipinski definition) is 1. The van der Waals surface area contributed by atoms with Crippen molar-refractivity contribution in [1.82, 2.24) is 9.97 Å². The molecule has 0 unspecified atom stereocenters. The number of halogens is 1. The minimum Gasteiger partial charge on any atom is -0.481 e. The number of aromatic nitrogens is 2. The molecule has 0 aliphatic carbocycles. The molecule has 82 valence electrons. The summed E-state index contributed by atoms with van der Waals surface area (Å²) in [6.45, 7) is 4.17. The van der Waals surface area contributed by atoms with E-state index in [1.807, 2.05) is 0 Å². The first-order valence-corrected chi connectivity index (χ1v) is 5.50. The first-order valence-electron chi connectivity index (χ1n) is 4.71. The molecule has 0 bridgehead atoms. The highest BCUT2D eigenvalue weighted by atomic mass is 79.9. The quantitative estimate of drug-likeness (QED) is 0.853. The van der Waals surface area contributed by atoms with E-state index in [9.17, 15) is 4.79 Å². The van der Waals surface area contributed by atoms with Crippen molar-refractivity contribution in [2.45, 2.75) is 26.7 Å². The molecule has 0 saturated carbocycles. The van der Waals surface area contributed by atoms with Gasteiger partial charge in [0.25, 0.3) is 0 Å². The lowest BCUT2D eigenvalue weighted by Crippen LogP contribution is -2.06. The second kappa shape index (κ2) is 5.21. The summed E-state index contributed by atoms with van der Waals surface area (Å²) >= 11 is 3.25. The van der Waals surface area contributed by atoms with Gasteiger partial charge in [0.1, 0.15) is 10.4 Å². The van der Waals surface area contributed by atoms with Crippen molar-refractivity contribution >= 4 is 21.9 Å². The smallest absolute Gasteiger partial charge is 0.307 e. The summed E-state index contributed by atoms with van der Waals surface area (Å²) in [4.78, 5) is 18.8. The zero-order chi connectivity index (χ0) is 11.4. The van der Waals surface area contributed by atoms with Gasteiger partial charge in [-0.25, -0.2) is 9.97 Å². The predicted octanol–water partition coefficient (Wildman–Crippen LogP) is 2.06. The SMILES string of the molecule is CC(C)Cc1ncc(CC(=O)O)c(Br)n1. The van der Waals surface area contributed by atoms with Crippen molar-refractivity contribution in [3.63, 3.8) is 0 Å². The van der Waals surface area contributed by atoms with E-state index in [-0.39, 0.29) is 6.42 Å². The lowest BCUT2D eigenvalue weighted by Gasteiger charge is -2.05. The largest absolute Gasteiger partial charge is 0.481 e. The molecule has 1 heterocycles. The minimum absolute atomic E-state index is 0.0530. The fraction of sp³-hybridized carbons (Fsp3) is 0.500. The summed E-state index contributed by atoms with van der Waals surface area (Å²) in [5.74, 6) is 0.351. The number of carboxylic acid groups (broad SMARTS) is 1. The lowest BCUT2D eigenvalue weighted by molar-refractivity contribution is -0.136. The highest BCUT2D eigenvalue weighted by Crippen LogP contribution is 2.15. The third kappa shape index (κ3) is 3.95. The Hall–Kier alpha value is -0.970. The number of aliphatic carboxylic acids is 1. The molecule has 15 heavy (non-hydrogen) atoms. The van der Waals surface area contributed by atoms with Gasteiger partial charge in [0.15, 0.2) is 0 Å². The maximum atomic E-state index is 10.5. The highest BCUT2D eigenvalue weighted by molar-refractivity contribution is 9.10. The van der Waals surface area contributed by atoms with Crippen LogP contribution in [0.1, 0.15) is 25.2 Å². The van der Waals surface area contributed by atoms with Gasteiger partial charge in [-0.2, -0.15) is 0 Å². The molecule has 0 aliphatic heterocycles. The normalized spacial score (nSPS) is 10.7. The highest BCUT2D eigenvalue weighted by Gasteiger charge is 2.09. The van der Waals surface area contributed by atoms with Crippen molar-refractivity contribution in [2.24, 2.45) is 5.92 Å². The van der Waals surface area contributed by atoms with Crippen molar-refractivity contribution < 1.29 is 9.90 Å². The molecule has 1 aromatic heterocycles. The van der Waals surface area contributed by atoms with E-state index in [0.29, 0.717) is 16.1 Å². The van der Waals surface area contributed by atoms with Crippen LogP contribution in [0.15, 0.2) is 10.8 Å². The fourth-order valence-corrected chi connectivity index (χ4v) is 1.61. The number of nitrogens with zero attached hydrogens (tertiary/aromatic N) is 2. The molecule has 0 fully saturated rings. The van der Waals surface area contributed by atoms with Gasteiger partial charge in [-0.15, -0.1) is 0 Å². The summed E-state index contributed by atoms with van der Waals surface area (Å²) in [5.41, 5.74) is 0.606. The molecular weight excluding hydrogens is 260 g/mol. The van der Waals surface area contributed by atoms with Gasteiger partial charge >= 0.3 is 5.97 Å². The second-order valence-corrected chi connectivity index (χ2v) is 4.52. The Bertz CT molecular complexity index is 366. The summed E-state index contributed by atoms with van der Waals surface area (Å²) in [6, 6.07) is 0. The van der Waals surface area contributed by atoms with Crippen molar-refractivity contribution in [3.8, 4) is 0 Å². The molecule has 4 nitrogen and oxygen atoms in total. The van der Waals surface area contributed by atoms with Crippen molar-refractivity contribution in [2.75, 3.05) is 0 Å². The molecule has 1 N–H and O–H groups in total. The average molecular weight is 273 g/mol. The van der Waals surface area contributed by atoms with Gasteiger partial charge in [0.05, 0.1) is 6.42 Å². The molecule has 1 aromatic rings. The first-order chi connectivity index (χ1) is 6.99. The standard InChI is InChI=1S/C10H13BrN2O2/c1-6(2)3-8-12-5-7(4-9(14)15)10(11)13-8/h5-6H,3-4H2,1-2H3,(H,14,15). The zero-order valence-corrected chi connectivity index (χ0v) is 10.3. The van der Waals surface area contributed by atoms with Crippen LogP contribution in [0.4, 0.5) is 0 Å². The van der Waals surface area contributed by atoms with Crippen molar-refractivity contribution in [1.29, 1.82) is 0 Å². The first kappa shape index (κ1) is 12.1. The van der Waals surface area contributed by atoms with E-state index in [2.05, 4.69) is 39.7 Å². The van der Waals surface area contributed by atoms with E-state index in [1.54, 1.807) is 6.20 Å². The van der Waals surface area contributed by atoms with Crippen LogP contribution in [0.5, 0.6) is 0 Å². The third-order valence-corrected chi connectivity index (χ3v) is 2.48. The van der Waals surface area contributed by atoms with Crippen LogP contribution < -0.4 is 0 Å². The maximum absolute atomic E-state index is 10.5. The van der Waals surface area contributed by atoms with Gasteiger partial charge in [0.2, 0.25) is 0 Å². The van der Waals surface area contributed by atoms with Gasteiger partial charge in [0, 0.05) is 18.2 Å². The topological polar surface area (TPSA) is 63.1 Å². The second-order valence-electron chi connectivity index (χ2n) is 3.77. The molecule has 0 atom stereocenters. The van der Waals surface area contributed by atoms with Crippen LogP contribution in [0.3, 0.4) is 0 Å². The Kier molecular flexibility index (Phi) is 4.20. The third-order valence-electron chi connectivity index (χ3n) is 1.79. The fourth-order valence-electron chi connectivity index (χ4n) is 1.16. The summed E-state index contributed by atoms with van der Waals surface area (Å²) in [6.07, 6.45) is 2.32. The van der Waals surface area contributed by atoms with Crippen LogP contribution in [0.2, 0.25) is 0 Å². The van der Waals surface area contributed by atoms with Gasteiger partial charge in [-0.1, -0.05) is 13.8 Å². The Morgan fingerprint density at radius 3 is 2.73 bits per heavy atom. The van der Waals surface area contributed by atoms with Crippen LogP contribution in [-0.2, 0) is 17.6 Å². The molecule has 0 aliphatic rings. The molecule has 0 spiro atoms. The number of carbonyl (C=O) groups is 1. The minimum atomic E-state index is -0.879. The Morgan fingerprint density at radius 1 is 1.60 bits per heavy atom. The lowest BCUT2D eigenvalue weighted by atomic mass is 10.1. The summed E-state index contributed by atoms with van der Waals surface area (Å²) < 4.78 is 0.579. The molecular formula is C10H13BrN2O2. The van der Waals surface area contributed by atoms with Crippen LogP contribution >= 0.6 is 15.9 Å². The molecule has 0 radical (unpaired) electrons. The van der Waals surface area contributed by atoms with E-state index >= 15 is 0 Å². The predicted molar refractivity (Wildman–Crippen MR) is 59.6 cm³/mol. The number of rotatable bonds is 4. The summed E-state index contributed by atoms with van der Waals surface area (Å²) in [7, 11) is 0. The van der Waals surface area contributed by atoms with E-state index in [4.69, 9.17) is 5.11 Å². The van der Waals surface area contributed by atoms with Crippen LogP contribution in [-0.4, -0.2) is 21.0 Å². The monoisotopic (exact) mass is 272 g/mol.